The Hall–Kier alpha value is -4.91. The third-order valence-corrected chi connectivity index (χ3v) is 7.00. The van der Waals surface area contributed by atoms with Gasteiger partial charge in [-0.15, -0.1) is 0 Å². The van der Waals surface area contributed by atoms with Crippen molar-refractivity contribution in [3.63, 3.8) is 0 Å². The van der Waals surface area contributed by atoms with Crippen LogP contribution in [0, 0.1) is 0 Å². The lowest BCUT2D eigenvalue weighted by Crippen LogP contribution is -2.52. The zero-order chi connectivity index (χ0) is 27.5. The minimum atomic E-state index is -2.99. The number of alkyl halides is 1. The number of carbonyl (C=O) groups is 4. The van der Waals surface area contributed by atoms with Crippen LogP contribution >= 0.6 is 0 Å². The maximum absolute atomic E-state index is 16.0. The average molecular weight is 521 g/mol. The highest BCUT2D eigenvalue weighted by atomic mass is 19.1. The monoisotopic (exact) mass is 520 g/mol. The third kappa shape index (κ3) is 4.52. The number of fused-ring (bicyclic) bond motifs is 1. The molecule has 1 N–H and O–H groups in total. The molecule has 1 atom stereocenters. The minimum absolute atomic E-state index is 0.0204. The predicted molar refractivity (Wildman–Crippen MR) is 143 cm³/mol. The summed E-state index contributed by atoms with van der Waals surface area (Å²) in [4.78, 5) is 51.5. The molecule has 5 rings (SSSR count). The first kappa shape index (κ1) is 25.7. The number of halogens is 1. The Morgan fingerprint density at radius 3 is 1.46 bits per heavy atom. The summed E-state index contributed by atoms with van der Waals surface area (Å²) in [6, 6.07) is 34.1. The van der Waals surface area contributed by atoms with E-state index in [1.165, 1.54) is 12.1 Å². The summed E-state index contributed by atoms with van der Waals surface area (Å²) in [5, 5.41) is 3.10. The Labute approximate surface area is 225 Å². The van der Waals surface area contributed by atoms with Gasteiger partial charge in [0.05, 0.1) is 11.1 Å². The van der Waals surface area contributed by atoms with Gasteiger partial charge in [0, 0.05) is 12.8 Å². The second kappa shape index (κ2) is 10.5. The lowest BCUT2D eigenvalue weighted by Gasteiger charge is -2.37. The summed E-state index contributed by atoms with van der Waals surface area (Å²) < 4.78 is 16.0. The van der Waals surface area contributed by atoms with Crippen molar-refractivity contribution in [2.24, 2.45) is 0 Å². The molecule has 7 heteroatoms. The van der Waals surface area contributed by atoms with E-state index in [0.717, 1.165) is 16.7 Å². The van der Waals surface area contributed by atoms with E-state index < -0.39 is 41.9 Å². The summed E-state index contributed by atoms with van der Waals surface area (Å²) in [7, 11) is 0. The van der Waals surface area contributed by atoms with Crippen molar-refractivity contribution >= 4 is 24.0 Å². The van der Waals surface area contributed by atoms with E-state index in [1.54, 1.807) is 12.1 Å². The highest BCUT2D eigenvalue weighted by molar-refractivity contribution is 6.22. The van der Waals surface area contributed by atoms with Crippen LogP contribution in [-0.4, -0.2) is 34.7 Å². The molecule has 39 heavy (non-hydrogen) atoms. The fourth-order valence-corrected chi connectivity index (χ4v) is 5.09. The summed E-state index contributed by atoms with van der Waals surface area (Å²) in [6.45, 7) is 0. The third-order valence-electron chi connectivity index (χ3n) is 7.00. The number of amides is 3. The number of imide groups is 1. The summed E-state index contributed by atoms with van der Waals surface area (Å²) in [6.07, 6.45) is -1.24. The van der Waals surface area contributed by atoms with Crippen molar-refractivity contribution < 1.29 is 23.6 Å². The first-order valence-electron chi connectivity index (χ1n) is 12.5. The molecule has 0 bridgehead atoms. The van der Waals surface area contributed by atoms with E-state index in [0.29, 0.717) is 4.90 Å². The number of rotatable bonds is 9. The zero-order valence-corrected chi connectivity index (χ0v) is 20.9. The SMILES string of the molecule is O=C[C@@](F)(CCC(=O)NC(c1ccccc1)(c1ccccc1)c1ccccc1)N1C(=O)c2ccccc2C1=O. The van der Waals surface area contributed by atoms with Crippen LogP contribution in [0.15, 0.2) is 115 Å². The molecule has 0 aliphatic carbocycles. The van der Waals surface area contributed by atoms with Crippen molar-refractivity contribution in [2.45, 2.75) is 24.2 Å². The standard InChI is InChI=1S/C32H25FN2O4/c33-31(22-36,35-29(38)26-18-10-11-19-27(26)30(35)39)21-20-28(37)34-32(23-12-4-1-5-13-23,24-14-6-2-7-15-24)25-16-8-3-9-17-25/h1-19,22H,20-21H2,(H,34,37)/t31-/m1/s1. The van der Waals surface area contributed by atoms with E-state index in [2.05, 4.69) is 5.32 Å². The largest absolute Gasteiger partial charge is 0.338 e. The Morgan fingerprint density at radius 2 is 1.08 bits per heavy atom. The number of aldehydes is 1. The van der Waals surface area contributed by atoms with Gasteiger partial charge in [-0.2, -0.15) is 0 Å². The summed E-state index contributed by atoms with van der Waals surface area (Å²) in [5.41, 5.74) is 1.24. The topological polar surface area (TPSA) is 83.6 Å². The molecular weight excluding hydrogens is 495 g/mol. The molecule has 1 aliphatic heterocycles. The van der Waals surface area contributed by atoms with Crippen LogP contribution in [0.25, 0.3) is 0 Å². The normalized spacial score (nSPS) is 14.4. The van der Waals surface area contributed by atoms with Gasteiger partial charge in [-0.05, 0) is 28.8 Å². The number of hydrogen-bond donors (Lipinski definition) is 1. The molecule has 4 aromatic carbocycles. The van der Waals surface area contributed by atoms with Gasteiger partial charge in [-0.3, -0.25) is 19.2 Å². The Bertz CT molecular complexity index is 1390. The van der Waals surface area contributed by atoms with Crippen molar-refractivity contribution in [3.05, 3.63) is 143 Å². The minimum Gasteiger partial charge on any atom is -0.338 e. The van der Waals surface area contributed by atoms with Crippen molar-refractivity contribution in [1.82, 2.24) is 10.2 Å². The molecule has 0 saturated carbocycles. The highest BCUT2D eigenvalue weighted by Gasteiger charge is 2.50. The van der Waals surface area contributed by atoms with E-state index in [9.17, 15) is 19.2 Å². The van der Waals surface area contributed by atoms with Crippen molar-refractivity contribution in [3.8, 4) is 0 Å². The molecule has 0 unspecified atom stereocenters. The quantitative estimate of drug-likeness (QED) is 0.145. The predicted octanol–water partition coefficient (Wildman–Crippen LogP) is 5.04. The smallest absolute Gasteiger partial charge is 0.264 e. The number of benzene rings is 4. The maximum Gasteiger partial charge on any atom is 0.264 e. The zero-order valence-electron chi connectivity index (χ0n) is 20.9. The molecule has 194 valence electrons. The van der Waals surface area contributed by atoms with Crippen LogP contribution < -0.4 is 5.32 Å². The van der Waals surface area contributed by atoms with Gasteiger partial charge < -0.3 is 5.32 Å². The van der Waals surface area contributed by atoms with Gasteiger partial charge in [0.15, 0.2) is 6.29 Å². The molecule has 0 saturated heterocycles. The number of carbonyl (C=O) groups excluding carboxylic acids is 4. The molecule has 1 aliphatic rings. The van der Waals surface area contributed by atoms with Crippen LogP contribution in [-0.2, 0) is 15.1 Å². The van der Waals surface area contributed by atoms with Gasteiger partial charge in [0.2, 0.25) is 11.7 Å². The molecule has 4 aromatic rings. The van der Waals surface area contributed by atoms with Crippen LogP contribution in [0.4, 0.5) is 4.39 Å². The second-order valence-corrected chi connectivity index (χ2v) is 9.32. The van der Waals surface area contributed by atoms with Crippen LogP contribution in [0.1, 0.15) is 50.2 Å². The molecule has 3 amide bonds. The van der Waals surface area contributed by atoms with Crippen LogP contribution in [0.3, 0.4) is 0 Å². The molecule has 0 fully saturated rings. The Morgan fingerprint density at radius 1 is 0.692 bits per heavy atom. The first-order valence-corrected chi connectivity index (χ1v) is 12.5. The van der Waals surface area contributed by atoms with Crippen LogP contribution in [0.2, 0.25) is 0 Å². The van der Waals surface area contributed by atoms with Gasteiger partial charge in [0.25, 0.3) is 11.8 Å². The molecular formula is C32H25FN2O4. The van der Waals surface area contributed by atoms with Crippen LogP contribution in [0.5, 0.6) is 0 Å². The van der Waals surface area contributed by atoms with E-state index >= 15 is 4.39 Å². The fourth-order valence-electron chi connectivity index (χ4n) is 5.09. The molecule has 0 radical (unpaired) electrons. The van der Waals surface area contributed by atoms with Gasteiger partial charge in [-0.1, -0.05) is 103 Å². The van der Waals surface area contributed by atoms with E-state index in [1.807, 2.05) is 91.0 Å². The van der Waals surface area contributed by atoms with Gasteiger partial charge >= 0.3 is 0 Å². The highest BCUT2D eigenvalue weighted by Crippen LogP contribution is 2.37. The van der Waals surface area contributed by atoms with E-state index in [4.69, 9.17) is 0 Å². The van der Waals surface area contributed by atoms with Gasteiger partial charge in [0.1, 0.15) is 5.54 Å². The molecule has 0 spiro atoms. The fraction of sp³-hybridized carbons (Fsp3) is 0.125. The summed E-state index contributed by atoms with van der Waals surface area (Å²) >= 11 is 0. The van der Waals surface area contributed by atoms with Gasteiger partial charge in [-0.25, -0.2) is 9.29 Å². The number of nitrogens with zero attached hydrogens (tertiary/aromatic N) is 1. The lowest BCUT2D eigenvalue weighted by molar-refractivity contribution is -0.129. The average Bonchev–Trinajstić information content (AvgIpc) is 3.26. The van der Waals surface area contributed by atoms with Crippen molar-refractivity contribution in [2.75, 3.05) is 0 Å². The Kier molecular flexibility index (Phi) is 6.90. The number of hydrogen-bond acceptors (Lipinski definition) is 4. The molecule has 6 nitrogen and oxygen atoms in total. The molecule has 1 heterocycles. The first-order chi connectivity index (χ1) is 18.9. The van der Waals surface area contributed by atoms with Crippen molar-refractivity contribution in [1.29, 1.82) is 0 Å². The second-order valence-electron chi connectivity index (χ2n) is 9.32. The summed E-state index contributed by atoms with van der Waals surface area (Å²) in [5.74, 6) is -5.36. The number of nitrogens with one attached hydrogen (secondary N) is 1. The maximum atomic E-state index is 16.0. The Balaban J connectivity index is 1.48. The van der Waals surface area contributed by atoms with E-state index in [-0.39, 0.29) is 17.4 Å². The molecule has 0 aromatic heterocycles. The lowest BCUT2D eigenvalue weighted by atomic mass is 9.77.